The van der Waals surface area contributed by atoms with E-state index in [0.717, 1.165) is 31.1 Å². The fraction of sp³-hybridized carbons (Fsp3) is 0.450. The highest BCUT2D eigenvalue weighted by atomic mass is 16.5. The number of nitrogens with one attached hydrogen (secondary N) is 1. The third kappa shape index (κ3) is 3.67. The number of hydrogen-bond acceptors (Lipinski definition) is 5. The summed E-state index contributed by atoms with van der Waals surface area (Å²) >= 11 is 0. The Hall–Kier alpha value is -2.83. The van der Waals surface area contributed by atoms with Gasteiger partial charge in [0.1, 0.15) is 6.10 Å². The fourth-order valence-electron chi connectivity index (χ4n) is 3.81. The summed E-state index contributed by atoms with van der Waals surface area (Å²) in [6.45, 7) is 4.94. The van der Waals surface area contributed by atoms with Crippen LogP contribution in [0.4, 0.5) is 5.82 Å². The Kier molecular flexibility index (Phi) is 4.83. The van der Waals surface area contributed by atoms with Crippen LogP contribution in [-0.2, 0) is 0 Å². The molecule has 0 aromatic carbocycles. The van der Waals surface area contributed by atoms with Gasteiger partial charge in [0.05, 0.1) is 12.1 Å². The monoisotopic (exact) mass is 368 g/mol. The third-order valence-corrected chi connectivity index (χ3v) is 5.23. The Morgan fingerprint density at radius 1 is 1.22 bits per heavy atom. The molecule has 1 amide bonds. The number of anilines is 1. The first-order chi connectivity index (χ1) is 13.1. The number of pyridine rings is 2. The zero-order chi connectivity index (χ0) is 18.8. The van der Waals surface area contributed by atoms with E-state index in [9.17, 15) is 9.59 Å². The van der Waals surface area contributed by atoms with Crippen molar-refractivity contribution in [1.82, 2.24) is 14.9 Å². The molecule has 7 nitrogen and oxygen atoms in total. The van der Waals surface area contributed by atoms with E-state index in [1.807, 2.05) is 12.1 Å². The van der Waals surface area contributed by atoms with Crippen LogP contribution in [0.1, 0.15) is 35.3 Å². The molecule has 0 aliphatic carbocycles. The van der Waals surface area contributed by atoms with Crippen molar-refractivity contribution in [3.05, 3.63) is 52.1 Å². The zero-order valence-electron chi connectivity index (χ0n) is 15.5. The van der Waals surface area contributed by atoms with Gasteiger partial charge in [-0.05, 0) is 38.0 Å². The number of aromatic nitrogens is 2. The second-order valence-electron chi connectivity index (χ2n) is 7.16. The maximum atomic E-state index is 12.8. The van der Waals surface area contributed by atoms with Crippen LogP contribution in [0.25, 0.3) is 0 Å². The van der Waals surface area contributed by atoms with Gasteiger partial charge in [0.25, 0.3) is 5.91 Å². The molecule has 2 fully saturated rings. The minimum atomic E-state index is -0.197. The lowest BCUT2D eigenvalue weighted by atomic mass is 10.2. The first-order valence-electron chi connectivity index (χ1n) is 9.47. The molecular formula is C20H24N4O3. The van der Waals surface area contributed by atoms with Crippen molar-refractivity contribution in [2.24, 2.45) is 0 Å². The van der Waals surface area contributed by atoms with Crippen molar-refractivity contribution in [3.8, 4) is 5.75 Å². The first-order valence-corrected chi connectivity index (χ1v) is 9.47. The Morgan fingerprint density at radius 3 is 2.81 bits per heavy atom. The Bertz CT molecular complexity index is 889. The number of nitrogens with zero attached hydrogens (tertiary/aromatic N) is 3. The van der Waals surface area contributed by atoms with Crippen LogP contribution in [-0.4, -0.2) is 53.1 Å². The smallest absolute Gasteiger partial charge is 0.255 e. The lowest BCUT2D eigenvalue weighted by Gasteiger charge is -2.22. The van der Waals surface area contributed by atoms with Crippen molar-refractivity contribution < 1.29 is 9.53 Å². The van der Waals surface area contributed by atoms with Gasteiger partial charge < -0.3 is 19.5 Å². The van der Waals surface area contributed by atoms with Crippen LogP contribution < -0.4 is 15.2 Å². The summed E-state index contributed by atoms with van der Waals surface area (Å²) in [5.41, 5.74) is 0.938. The van der Waals surface area contributed by atoms with Gasteiger partial charge in [0, 0.05) is 44.0 Å². The summed E-state index contributed by atoms with van der Waals surface area (Å²) in [5.74, 6) is 1.62. The molecule has 2 aliphatic heterocycles. The van der Waals surface area contributed by atoms with E-state index in [4.69, 9.17) is 4.74 Å². The SMILES string of the molecule is Cc1[nH]c(=O)ccc1C(=O)N1CCC(Oc2cccnc2N2CCCC2)C1. The first kappa shape index (κ1) is 17.6. The number of rotatable bonds is 4. The molecule has 142 valence electrons. The van der Waals surface area contributed by atoms with Gasteiger partial charge in [-0.2, -0.15) is 0 Å². The summed E-state index contributed by atoms with van der Waals surface area (Å²) in [6.07, 6.45) is 4.88. The molecule has 0 radical (unpaired) electrons. The van der Waals surface area contributed by atoms with Crippen LogP contribution in [0.3, 0.4) is 0 Å². The number of likely N-dealkylation sites (tertiary alicyclic amines) is 1. The predicted octanol–water partition coefficient (Wildman–Crippen LogP) is 1.97. The molecule has 2 aliphatic rings. The lowest BCUT2D eigenvalue weighted by molar-refractivity contribution is 0.0771. The molecule has 1 unspecified atom stereocenters. The third-order valence-electron chi connectivity index (χ3n) is 5.23. The van der Waals surface area contributed by atoms with E-state index in [0.29, 0.717) is 24.3 Å². The van der Waals surface area contributed by atoms with Crippen LogP contribution >= 0.6 is 0 Å². The highest BCUT2D eigenvalue weighted by molar-refractivity contribution is 5.95. The molecule has 27 heavy (non-hydrogen) atoms. The highest BCUT2D eigenvalue weighted by Crippen LogP contribution is 2.30. The summed E-state index contributed by atoms with van der Waals surface area (Å²) in [6, 6.07) is 6.83. The summed E-state index contributed by atoms with van der Waals surface area (Å²) in [7, 11) is 0. The van der Waals surface area contributed by atoms with Crippen molar-refractivity contribution >= 4 is 11.7 Å². The highest BCUT2D eigenvalue weighted by Gasteiger charge is 2.30. The minimum Gasteiger partial charge on any atom is -0.485 e. The zero-order valence-corrected chi connectivity index (χ0v) is 15.5. The molecule has 0 bridgehead atoms. The van der Waals surface area contributed by atoms with Gasteiger partial charge in [-0.3, -0.25) is 9.59 Å². The number of aromatic amines is 1. The standard InChI is InChI=1S/C20H24N4O3/c1-14-16(6-7-18(25)22-14)20(26)24-12-8-15(13-24)27-17-5-4-9-21-19(17)23-10-2-3-11-23/h4-7,9,15H,2-3,8,10-13H2,1H3,(H,22,25). The summed E-state index contributed by atoms with van der Waals surface area (Å²) in [4.78, 5) is 35.4. The Morgan fingerprint density at radius 2 is 2.04 bits per heavy atom. The molecule has 7 heteroatoms. The average molecular weight is 368 g/mol. The molecular weight excluding hydrogens is 344 g/mol. The molecule has 1 N–H and O–H groups in total. The Labute approximate surface area is 158 Å². The fourth-order valence-corrected chi connectivity index (χ4v) is 3.81. The van der Waals surface area contributed by atoms with Crippen LogP contribution in [0, 0.1) is 6.92 Å². The van der Waals surface area contributed by atoms with E-state index >= 15 is 0 Å². The van der Waals surface area contributed by atoms with Gasteiger partial charge in [-0.15, -0.1) is 0 Å². The number of amides is 1. The topological polar surface area (TPSA) is 78.5 Å². The quantitative estimate of drug-likeness (QED) is 0.893. The lowest BCUT2D eigenvalue weighted by Crippen LogP contribution is -2.32. The van der Waals surface area contributed by atoms with Crippen LogP contribution in [0.5, 0.6) is 5.75 Å². The van der Waals surface area contributed by atoms with Gasteiger partial charge in [-0.25, -0.2) is 4.98 Å². The number of carbonyl (C=O) groups is 1. The molecule has 2 aromatic heterocycles. The summed E-state index contributed by atoms with van der Waals surface area (Å²) in [5, 5.41) is 0. The number of carbonyl (C=O) groups excluding carboxylic acids is 1. The number of aryl methyl sites for hydroxylation is 1. The van der Waals surface area contributed by atoms with Crippen molar-refractivity contribution in [2.45, 2.75) is 32.3 Å². The van der Waals surface area contributed by atoms with E-state index in [1.54, 1.807) is 24.1 Å². The van der Waals surface area contributed by atoms with Gasteiger partial charge >= 0.3 is 0 Å². The normalized spacial score (nSPS) is 19.5. The molecule has 1 atom stereocenters. The molecule has 4 heterocycles. The number of hydrogen-bond donors (Lipinski definition) is 1. The van der Waals surface area contributed by atoms with E-state index < -0.39 is 0 Å². The van der Waals surface area contributed by atoms with Gasteiger partial charge in [0.15, 0.2) is 11.6 Å². The van der Waals surface area contributed by atoms with E-state index in [-0.39, 0.29) is 17.6 Å². The van der Waals surface area contributed by atoms with Crippen LogP contribution in [0.15, 0.2) is 35.3 Å². The van der Waals surface area contributed by atoms with Crippen LogP contribution in [0.2, 0.25) is 0 Å². The molecule has 2 aromatic rings. The van der Waals surface area contributed by atoms with E-state index in [1.165, 1.54) is 18.9 Å². The van der Waals surface area contributed by atoms with Gasteiger partial charge in [-0.1, -0.05) is 0 Å². The van der Waals surface area contributed by atoms with Crippen molar-refractivity contribution in [1.29, 1.82) is 0 Å². The molecule has 0 saturated carbocycles. The van der Waals surface area contributed by atoms with Gasteiger partial charge in [0.2, 0.25) is 5.56 Å². The van der Waals surface area contributed by atoms with Crippen molar-refractivity contribution in [2.75, 3.05) is 31.1 Å². The largest absolute Gasteiger partial charge is 0.485 e. The molecule has 4 rings (SSSR count). The second kappa shape index (κ2) is 7.42. The Balaban J connectivity index is 1.44. The van der Waals surface area contributed by atoms with Crippen molar-refractivity contribution in [3.63, 3.8) is 0 Å². The maximum absolute atomic E-state index is 12.8. The van der Waals surface area contributed by atoms with E-state index in [2.05, 4.69) is 14.9 Å². The second-order valence-corrected chi connectivity index (χ2v) is 7.16. The number of ether oxygens (including phenoxy) is 1. The minimum absolute atomic E-state index is 0.0532. The molecule has 2 saturated heterocycles. The number of H-pyrrole nitrogens is 1. The summed E-state index contributed by atoms with van der Waals surface area (Å²) < 4.78 is 6.23. The predicted molar refractivity (Wildman–Crippen MR) is 102 cm³/mol. The maximum Gasteiger partial charge on any atom is 0.255 e. The molecule has 0 spiro atoms. The average Bonchev–Trinajstić information content (AvgIpc) is 3.34.